The molecule has 0 aliphatic carbocycles. The van der Waals surface area contributed by atoms with Crippen molar-refractivity contribution in [2.24, 2.45) is 0 Å². The Hall–Kier alpha value is -2.33. The zero-order valence-electron chi connectivity index (χ0n) is 12.2. The number of aliphatic hydroxyl groups excluding tert-OH is 1. The van der Waals surface area contributed by atoms with Crippen LogP contribution in [0.3, 0.4) is 0 Å². The number of amides is 1. The smallest absolute Gasteiger partial charge is 0.255 e. The van der Waals surface area contributed by atoms with Gasteiger partial charge in [0.1, 0.15) is 5.75 Å². The highest BCUT2D eigenvalue weighted by atomic mass is 16.5. The Labute approximate surface area is 124 Å². The summed E-state index contributed by atoms with van der Waals surface area (Å²) in [5.41, 5.74) is 3.26. The van der Waals surface area contributed by atoms with Gasteiger partial charge in [-0.15, -0.1) is 0 Å². The summed E-state index contributed by atoms with van der Waals surface area (Å²) < 4.78 is 5.13. The van der Waals surface area contributed by atoms with Gasteiger partial charge in [-0.05, 0) is 54.8 Å². The maximum Gasteiger partial charge on any atom is 0.255 e. The first-order chi connectivity index (χ1) is 10.1. The van der Waals surface area contributed by atoms with E-state index in [4.69, 9.17) is 9.84 Å². The standard InChI is InChI=1S/C17H19NO3/c1-12-11-15(21-2)7-8-16(12)17(20)18-14-5-3-13(4-6-14)9-10-19/h3-8,11,19H,9-10H2,1-2H3,(H,18,20). The molecule has 0 spiro atoms. The number of aliphatic hydroxyl groups is 1. The number of aryl methyl sites for hydroxylation is 1. The van der Waals surface area contributed by atoms with E-state index in [-0.39, 0.29) is 12.5 Å². The molecular weight excluding hydrogens is 266 g/mol. The minimum absolute atomic E-state index is 0.122. The van der Waals surface area contributed by atoms with Gasteiger partial charge in [0.15, 0.2) is 0 Å². The van der Waals surface area contributed by atoms with Gasteiger partial charge in [-0.2, -0.15) is 0 Å². The Kier molecular flexibility index (Phi) is 4.95. The topological polar surface area (TPSA) is 58.6 Å². The number of nitrogens with one attached hydrogen (secondary N) is 1. The fraction of sp³-hybridized carbons (Fsp3) is 0.235. The van der Waals surface area contributed by atoms with Crippen LogP contribution in [0, 0.1) is 6.92 Å². The zero-order valence-corrected chi connectivity index (χ0v) is 12.2. The molecule has 0 heterocycles. The van der Waals surface area contributed by atoms with Crippen molar-refractivity contribution in [3.05, 3.63) is 59.2 Å². The van der Waals surface area contributed by atoms with Gasteiger partial charge < -0.3 is 15.2 Å². The van der Waals surface area contributed by atoms with Crippen LogP contribution in [0.5, 0.6) is 5.75 Å². The summed E-state index contributed by atoms with van der Waals surface area (Å²) >= 11 is 0. The third kappa shape index (κ3) is 3.83. The highest BCUT2D eigenvalue weighted by molar-refractivity contribution is 6.05. The van der Waals surface area contributed by atoms with Gasteiger partial charge in [-0.1, -0.05) is 12.1 Å². The van der Waals surface area contributed by atoms with E-state index in [0.29, 0.717) is 12.0 Å². The second kappa shape index (κ2) is 6.90. The summed E-state index contributed by atoms with van der Waals surface area (Å²) in [6, 6.07) is 12.8. The number of carbonyl (C=O) groups is 1. The Balaban J connectivity index is 2.10. The lowest BCUT2D eigenvalue weighted by Crippen LogP contribution is -2.13. The quantitative estimate of drug-likeness (QED) is 0.888. The molecule has 0 bridgehead atoms. The first kappa shape index (κ1) is 15.1. The molecule has 1 amide bonds. The predicted octanol–water partition coefficient (Wildman–Crippen LogP) is 2.79. The van der Waals surface area contributed by atoms with Crippen LogP contribution in [0.2, 0.25) is 0 Å². The predicted molar refractivity (Wildman–Crippen MR) is 82.9 cm³/mol. The molecule has 0 saturated heterocycles. The minimum Gasteiger partial charge on any atom is -0.497 e. The van der Waals surface area contributed by atoms with Crippen molar-refractivity contribution in [1.29, 1.82) is 0 Å². The van der Waals surface area contributed by atoms with Crippen molar-refractivity contribution in [2.45, 2.75) is 13.3 Å². The van der Waals surface area contributed by atoms with Gasteiger partial charge in [0, 0.05) is 17.9 Å². The van der Waals surface area contributed by atoms with Crippen molar-refractivity contribution in [2.75, 3.05) is 19.0 Å². The number of hydrogen-bond donors (Lipinski definition) is 2. The van der Waals surface area contributed by atoms with E-state index in [1.807, 2.05) is 37.3 Å². The molecule has 2 aromatic carbocycles. The fourth-order valence-electron chi connectivity index (χ4n) is 2.10. The molecule has 0 aromatic heterocycles. The van der Waals surface area contributed by atoms with E-state index < -0.39 is 0 Å². The SMILES string of the molecule is COc1ccc(C(=O)Nc2ccc(CCO)cc2)c(C)c1. The zero-order chi connectivity index (χ0) is 15.2. The number of hydrogen-bond acceptors (Lipinski definition) is 3. The Morgan fingerprint density at radius 3 is 2.48 bits per heavy atom. The van der Waals surface area contributed by atoms with E-state index in [0.717, 1.165) is 22.6 Å². The number of ether oxygens (including phenoxy) is 1. The van der Waals surface area contributed by atoms with Gasteiger partial charge in [0.2, 0.25) is 0 Å². The van der Waals surface area contributed by atoms with E-state index in [9.17, 15) is 4.79 Å². The van der Waals surface area contributed by atoms with E-state index >= 15 is 0 Å². The number of carbonyl (C=O) groups excluding carboxylic acids is 1. The number of benzene rings is 2. The summed E-state index contributed by atoms with van der Waals surface area (Å²) in [6.07, 6.45) is 0.617. The molecule has 2 aromatic rings. The maximum absolute atomic E-state index is 12.3. The highest BCUT2D eigenvalue weighted by Gasteiger charge is 2.10. The first-order valence-electron chi connectivity index (χ1n) is 6.80. The van der Waals surface area contributed by atoms with Crippen LogP contribution in [0.25, 0.3) is 0 Å². The average molecular weight is 285 g/mol. The van der Waals surface area contributed by atoms with Crippen LogP contribution in [0.4, 0.5) is 5.69 Å². The third-order valence-electron chi connectivity index (χ3n) is 3.29. The molecule has 4 nitrogen and oxygen atoms in total. The van der Waals surface area contributed by atoms with Crippen molar-refractivity contribution in [3.8, 4) is 5.75 Å². The lowest BCUT2D eigenvalue weighted by Gasteiger charge is -2.09. The van der Waals surface area contributed by atoms with Crippen molar-refractivity contribution in [3.63, 3.8) is 0 Å². The van der Waals surface area contributed by atoms with Crippen LogP contribution in [0.15, 0.2) is 42.5 Å². The van der Waals surface area contributed by atoms with Crippen molar-refractivity contribution < 1.29 is 14.6 Å². The highest BCUT2D eigenvalue weighted by Crippen LogP contribution is 2.18. The molecule has 0 atom stereocenters. The molecule has 0 aliphatic heterocycles. The molecule has 4 heteroatoms. The van der Waals surface area contributed by atoms with Crippen LogP contribution in [-0.2, 0) is 6.42 Å². The normalized spacial score (nSPS) is 10.2. The van der Waals surface area contributed by atoms with Crippen LogP contribution in [0.1, 0.15) is 21.5 Å². The second-order valence-corrected chi connectivity index (χ2v) is 4.81. The first-order valence-corrected chi connectivity index (χ1v) is 6.80. The second-order valence-electron chi connectivity index (χ2n) is 4.81. The largest absolute Gasteiger partial charge is 0.497 e. The maximum atomic E-state index is 12.3. The Morgan fingerprint density at radius 1 is 1.19 bits per heavy atom. The summed E-state index contributed by atoms with van der Waals surface area (Å²) in [7, 11) is 1.60. The summed E-state index contributed by atoms with van der Waals surface area (Å²) in [5, 5.41) is 11.7. The van der Waals surface area contributed by atoms with Gasteiger partial charge in [-0.3, -0.25) is 4.79 Å². The Morgan fingerprint density at radius 2 is 1.90 bits per heavy atom. The van der Waals surface area contributed by atoms with Crippen molar-refractivity contribution >= 4 is 11.6 Å². The van der Waals surface area contributed by atoms with Crippen LogP contribution >= 0.6 is 0 Å². The monoisotopic (exact) mass is 285 g/mol. The number of methoxy groups -OCH3 is 1. The lowest BCUT2D eigenvalue weighted by molar-refractivity contribution is 0.102. The summed E-state index contributed by atoms with van der Waals surface area (Å²) in [4.78, 5) is 12.3. The number of anilines is 1. The van der Waals surface area contributed by atoms with Crippen molar-refractivity contribution in [1.82, 2.24) is 0 Å². The molecule has 0 saturated carbocycles. The van der Waals surface area contributed by atoms with Crippen LogP contribution in [-0.4, -0.2) is 24.7 Å². The Bertz CT molecular complexity index is 620. The molecule has 0 unspecified atom stereocenters. The lowest BCUT2D eigenvalue weighted by atomic mass is 10.1. The molecule has 0 radical (unpaired) electrons. The molecule has 21 heavy (non-hydrogen) atoms. The fourth-order valence-corrected chi connectivity index (χ4v) is 2.10. The molecule has 2 N–H and O–H groups in total. The average Bonchev–Trinajstić information content (AvgIpc) is 2.49. The molecular formula is C17H19NO3. The third-order valence-corrected chi connectivity index (χ3v) is 3.29. The summed E-state index contributed by atoms with van der Waals surface area (Å²) in [5.74, 6) is 0.586. The number of rotatable bonds is 5. The van der Waals surface area contributed by atoms with E-state index in [2.05, 4.69) is 5.32 Å². The van der Waals surface area contributed by atoms with Gasteiger partial charge in [0.05, 0.1) is 7.11 Å². The minimum atomic E-state index is -0.148. The molecule has 2 rings (SSSR count). The van der Waals surface area contributed by atoms with E-state index in [1.165, 1.54) is 0 Å². The molecule has 0 aliphatic rings. The molecule has 0 fully saturated rings. The van der Waals surface area contributed by atoms with E-state index in [1.54, 1.807) is 19.2 Å². The van der Waals surface area contributed by atoms with Gasteiger partial charge in [-0.25, -0.2) is 0 Å². The van der Waals surface area contributed by atoms with Gasteiger partial charge >= 0.3 is 0 Å². The van der Waals surface area contributed by atoms with Crippen LogP contribution < -0.4 is 10.1 Å². The summed E-state index contributed by atoms with van der Waals surface area (Å²) in [6.45, 7) is 2.00. The molecule has 110 valence electrons. The van der Waals surface area contributed by atoms with Gasteiger partial charge in [0.25, 0.3) is 5.91 Å².